The second-order valence-electron chi connectivity index (χ2n) is 8.51. The standard InChI is InChI=1S/C23H28BrN3O5/c1-14-9-27(15(2)12-28)23(29)18-7-17(24)8-25-22(18)32-21(14)11-26(3)10-16-4-5-19-20(6-16)31-13-30-19/h4-8,14-15,21,28H,9-13H2,1-3H3. The maximum Gasteiger partial charge on any atom is 0.259 e. The van der Waals surface area contributed by atoms with Crippen LogP contribution in [0.1, 0.15) is 29.8 Å². The number of aliphatic hydroxyl groups excluding tert-OH is 1. The van der Waals surface area contributed by atoms with Crippen molar-refractivity contribution in [3.8, 4) is 17.4 Å². The Labute approximate surface area is 196 Å². The SMILES string of the molecule is CC1CN(C(C)CO)C(=O)c2cc(Br)cnc2OC1CN(C)Cc1ccc2c(c1)OCO2. The van der Waals surface area contributed by atoms with Crippen molar-refractivity contribution in [3.05, 3.63) is 46.1 Å². The van der Waals surface area contributed by atoms with Gasteiger partial charge in [0.15, 0.2) is 11.5 Å². The molecule has 0 saturated carbocycles. The molecular weight excluding hydrogens is 478 g/mol. The molecule has 0 aliphatic carbocycles. The van der Waals surface area contributed by atoms with Crippen molar-refractivity contribution in [2.45, 2.75) is 32.5 Å². The smallest absolute Gasteiger partial charge is 0.259 e. The number of nitrogens with zero attached hydrogens (tertiary/aromatic N) is 3. The highest BCUT2D eigenvalue weighted by Gasteiger charge is 2.34. The number of likely N-dealkylation sites (N-methyl/N-ethyl adjacent to an activating group) is 1. The molecule has 32 heavy (non-hydrogen) atoms. The van der Waals surface area contributed by atoms with Crippen LogP contribution in [0, 0.1) is 5.92 Å². The highest BCUT2D eigenvalue weighted by atomic mass is 79.9. The van der Waals surface area contributed by atoms with Crippen molar-refractivity contribution in [2.24, 2.45) is 5.92 Å². The Hall–Kier alpha value is -2.36. The van der Waals surface area contributed by atoms with Crippen molar-refractivity contribution in [2.75, 3.05) is 33.5 Å². The minimum absolute atomic E-state index is 0.0331. The van der Waals surface area contributed by atoms with Gasteiger partial charge in [-0.1, -0.05) is 13.0 Å². The van der Waals surface area contributed by atoms with Crippen LogP contribution < -0.4 is 14.2 Å². The number of rotatable bonds is 6. The third-order valence-electron chi connectivity index (χ3n) is 5.87. The van der Waals surface area contributed by atoms with Crippen LogP contribution in [-0.4, -0.2) is 71.5 Å². The molecule has 2 aromatic rings. The third kappa shape index (κ3) is 4.84. The lowest BCUT2D eigenvalue weighted by atomic mass is 10.00. The van der Waals surface area contributed by atoms with E-state index in [1.165, 1.54) is 0 Å². The molecule has 1 aromatic heterocycles. The van der Waals surface area contributed by atoms with E-state index in [-0.39, 0.29) is 37.4 Å². The Kier molecular flexibility index (Phi) is 6.88. The summed E-state index contributed by atoms with van der Waals surface area (Å²) in [6, 6.07) is 7.38. The summed E-state index contributed by atoms with van der Waals surface area (Å²) < 4.78 is 17.9. The minimum Gasteiger partial charge on any atom is -0.472 e. The lowest BCUT2D eigenvalue weighted by molar-refractivity contribution is 0.0325. The first-order chi connectivity index (χ1) is 15.4. The number of pyridine rings is 1. The Morgan fingerprint density at radius 1 is 1.31 bits per heavy atom. The molecule has 3 atom stereocenters. The van der Waals surface area contributed by atoms with Gasteiger partial charge < -0.3 is 24.2 Å². The van der Waals surface area contributed by atoms with Crippen LogP contribution >= 0.6 is 15.9 Å². The van der Waals surface area contributed by atoms with E-state index < -0.39 is 0 Å². The Balaban J connectivity index is 1.54. The number of carbonyl (C=O) groups is 1. The topological polar surface area (TPSA) is 84.4 Å². The number of ether oxygens (including phenoxy) is 3. The van der Waals surface area contributed by atoms with Gasteiger partial charge in [0.05, 0.1) is 12.6 Å². The fourth-order valence-corrected chi connectivity index (χ4v) is 4.35. The van der Waals surface area contributed by atoms with Crippen LogP contribution in [0.2, 0.25) is 0 Å². The van der Waals surface area contributed by atoms with E-state index in [2.05, 4.69) is 32.7 Å². The molecule has 9 heteroatoms. The summed E-state index contributed by atoms with van der Waals surface area (Å²) in [5, 5.41) is 9.72. The second kappa shape index (κ2) is 9.64. The van der Waals surface area contributed by atoms with Gasteiger partial charge in [0.25, 0.3) is 5.91 Å². The van der Waals surface area contributed by atoms with Gasteiger partial charge in [-0.2, -0.15) is 0 Å². The lowest BCUT2D eigenvalue weighted by Crippen LogP contribution is -2.49. The van der Waals surface area contributed by atoms with Gasteiger partial charge in [0, 0.05) is 36.2 Å². The van der Waals surface area contributed by atoms with Crippen LogP contribution in [0.4, 0.5) is 0 Å². The number of hydrogen-bond donors (Lipinski definition) is 1. The highest BCUT2D eigenvalue weighted by molar-refractivity contribution is 9.10. The first-order valence-corrected chi connectivity index (χ1v) is 11.5. The van der Waals surface area contributed by atoms with Crippen molar-refractivity contribution in [1.29, 1.82) is 0 Å². The number of amides is 1. The number of aromatic nitrogens is 1. The molecule has 0 spiro atoms. The van der Waals surface area contributed by atoms with Crippen LogP contribution in [0.15, 0.2) is 34.9 Å². The zero-order valence-electron chi connectivity index (χ0n) is 18.5. The number of hydrogen-bond acceptors (Lipinski definition) is 7. The zero-order chi connectivity index (χ0) is 22.8. The predicted molar refractivity (Wildman–Crippen MR) is 122 cm³/mol. The first-order valence-electron chi connectivity index (χ1n) is 10.7. The van der Waals surface area contributed by atoms with Crippen LogP contribution in [0.5, 0.6) is 17.4 Å². The van der Waals surface area contributed by atoms with Crippen LogP contribution in [-0.2, 0) is 6.54 Å². The number of fused-ring (bicyclic) bond motifs is 2. The average Bonchev–Trinajstić information content (AvgIpc) is 3.24. The summed E-state index contributed by atoms with van der Waals surface area (Å²) in [7, 11) is 2.04. The van der Waals surface area contributed by atoms with E-state index in [4.69, 9.17) is 14.2 Å². The minimum atomic E-state index is -0.304. The molecule has 2 aliphatic rings. The predicted octanol–water partition coefficient (Wildman–Crippen LogP) is 2.92. The maximum atomic E-state index is 13.2. The van der Waals surface area contributed by atoms with E-state index in [1.54, 1.807) is 17.2 Å². The monoisotopic (exact) mass is 505 g/mol. The van der Waals surface area contributed by atoms with Crippen molar-refractivity contribution >= 4 is 21.8 Å². The number of benzene rings is 1. The molecule has 1 aromatic carbocycles. The molecule has 8 nitrogen and oxygen atoms in total. The fraction of sp³-hybridized carbons (Fsp3) is 0.478. The molecular formula is C23H28BrN3O5. The molecule has 2 aliphatic heterocycles. The third-order valence-corrected chi connectivity index (χ3v) is 6.30. The van der Waals surface area contributed by atoms with Crippen molar-refractivity contribution in [3.63, 3.8) is 0 Å². The van der Waals surface area contributed by atoms with Crippen LogP contribution in [0.3, 0.4) is 0 Å². The normalized spacial score (nSPS) is 21.1. The molecule has 1 amide bonds. The Bertz CT molecular complexity index is 988. The van der Waals surface area contributed by atoms with E-state index in [9.17, 15) is 9.90 Å². The zero-order valence-corrected chi connectivity index (χ0v) is 20.0. The van der Waals surface area contributed by atoms with Gasteiger partial charge in [-0.15, -0.1) is 0 Å². The highest BCUT2D eigenvalue weighted by Crippen LogP contribution is 2.33. The molecule has 0 bridgehead atoms. The average molecular weight is 506 g/mol. The largest absolute Gasteiger partial charge is 0.472 e. The van der Waals surface area contributed by atoms with E-state index in [1.807, 2.05) is 32.2 Å². The summed E-state index contributed by atoms with van der Waals surface area (Å²) >= 11 is 3.40. The quantitative estimate of drug-likeness (QED) is 0.645. The molecule has 4 rings (SSSR count). The van der Waals surface area contributed by atoms with Gasteiger partial charge in [-0.05, 0) is 53.7 Å². The van der Waals surface area contributed by atoms with Crippen LogP contribution in [0.25, 0.3) is 0 Å². The first kappa shape index (κ1) is 22.8. The Morgan fingerprint density at radius 3 is 2.88 bits per heavy atom. The molecule has 0 saturated heterocycles. The summed E-state index contributed by atoms with van der Waals surface area (Å²) in [5.41, 5.74) is 1.51. The molecule has 0 radical (unpaired) electrons. The van der Waals surface area contributed by atoms with E-state index in [0.717, 1.165) is 17.1 Å². The van der Waals surface area contributed by atoms with E-state index in [0.29, 0.717) is 35.6 Å². The summed E-state index contributed by atoms with van der Waals surface area (Å²) in [5.74, 6) is 1.70. The van der Waals surface area contributed by atoms with Gasteiger partial charge in [-0.3, -0.25) is 9.69 Å². The Morgan fingerprint density at radius 2 is 2.09 bits per heavy atom. The van der Waals surface area contributed by atoms with E-state index >= 15 is 0 Å². The van der Waals surface area contributed by atoms with Gasteiger partial charge in [-0.25, -0.2) is 4.98 Å². The molecule has 3 unspecified atom stereocenters. The molecule has 0 fully saturated rings. The summed E-state index contributed by atoms with van der Waals surface area (Å²) in [6.07, 6.45) is 1.44. The lowest BCUT2D eigenvalue weighted by Gasteiger charge is -2.37. The molecule has 172 valence electrons. The number of halogens is 1. The second-order valence-corrected chi connectivity index (χ2v) is 9.43. The van der Waals surface area contributed by atoms with Gasteiger partial charge in [0.1, 0.15) is 11.7 Å². The van der Waals surface area contributed by atoms with Gasteiger partial charge in [0.2, 0.25) is 12.7 Å². The number of aliphatic hydroxyl groups is 1. The summed E-state index contributed by atoms with van der Waals surface area (Å²) in [6.45, 7) is 5.89. The fourth-order valence-electron chi connectivity index (χ4n) is 4.02. The summed E-state index contributed by atoms with van der Waals surface area (Å²) in [4.78, 5) is 21.5. The van der Waals surface area contributed by atoms with Crippen molar-refractivity contribution < 1.29 is 24.1 Å². The van der Waals surface area contributed by atoms with Gasteiger partial charge >= 0.3 is 0 Å². The number of carbonyl (C=O) groups excluding carboxylic acids is 1. The molecule has 3 heterocycles. The maximum absolute atomic E-state index is 13.2. The molecule has 1 N–H and O–H groups in total. The van der Waals surface area contributed by atoms with Crippen molar-refractivity contribution in [1.82, 2.24) is 14.8 Å².